The summed E-state index contributed by atoms with van der Waals surface area (Å²) in [5.41, 5.74) is 1.46. The third-order valence-electron chi connectivity index (χ3n) is 5.01. The topological polar surface area (TPSA) is 84.3 Å². The first-order valence-corrected chi connectivity index (χ1v) is 11.2. The molecule has 1 heterocycles. The second-order valence-electron chi connectivity index (χ2n) is 6.85. The van der Waals surface area contributed by atoms with Crippen LogP contribution in [0.5, 0.6) is 0 Å². The number of carbonyl (C=O) groups excluding carboxylic acids is 1. The van der Waals surface area contributed by atoms with E-state index < -0.39 is 15.8 Å². The molecule has 0 bridgehead atoms. The van der Waals surface area contributed by atoms with E-state index in [9.17, 15) is 17.6 Å². The number of aromatic nitrogens is 2. The van der Waals surface area contributed by atoms with E-state index in [1.165, 1.54) is 16.4 Å². The third kappa shape index (κ3) is 4.36. The first-order chi connectivity index (χ1) is 14.3. The average Bonchev–Trinajstić information content (AvgIpc) is 3.04. The Kier molecular flexibility index (Phi) is 6.52. The molecular weight excluding hydrogens is 407 g/mol. The molecule has 160 valence electrons. The van der Waals surface area contributed by atoms with Gasteiger partial charge < -0.3 is 9.88 Å². The van der Waals surface area contributed by atoms with Crippen LogP contribution in [-0.4, -0.2) is 41.3 Å². The maximum atomic E-state index is 13.7. The largest absolute Gasteiger partial charge is 0.331 e. The normalized spacial score (nSPS) is 11.9. The maximum absolute atomic E-state index is 13.7. The lowest BCUT2D eigenvalue weighted by atomic mass is 10.2. The predicted octanol–water partition coefficient (Wildman–Crippen LogP) is 3.31. The molecular formula is C21H25FN4O3S. The smallest absolute Gasteiger partial charge is 0.243 e. The fourth-order valence-electron chi connectivity index (χ4n) is 3.33. The van der Waals surface area contributed by atoms with Crippen molar-refractivity contribution in [3.8, 4) is 0 Å². The zero-order valence-electron chi connectivity index (χ0n) is 17.2. The minimum absolute atomic E-state index is 0.121. The number of para-hydroxylation sites is 1. The van der Waals surface area contributed by atoms with Crippen LogP contribution in [0.3, 0.4) is 0 Å². The summed E-state index contributed by atoms with van der Waals surface area (Å²) in [7, 11) is -1.76. The second kappa shape index (κ2) is 8.93. The summed E-state index contributed by atoms with van der Waals surface area (Å²) in [5.74, 6) is -0.168. The number of amides is 1. The van der Waals surface area contributed by atoms with Gasteiger partial charge in [0.25, 0.3) is 0 Å². The number of benzene rings is 2. The van der Waals surface area contributed by atoms with Crippen LogP contribution < -0.4 is 5.32 Å². The third-order valence-corrected chi connectivity index (χ3v) is 7.06. The van der Waals surface area contributed by atoms with Gasteiger partial charge in [0.2, 0.25) is 15.9 Å². The van der Waals surface area contributed by atoms with Crippen LogP contribution in [0.4, 0.5) is 10.1 Å². The van der Waals surface area contributed by atoms with Crippen LogP contribution in [-0.2, 0) is 28.3 Å². The zero-order valence-corrected chi connectivity index (χ0v) is 18.0. The number of aryl methyl sites for hydroxylation is 2. The molecule has 0 spiro atoms. The Labute approximate surface area is 175 Å². The number of sulfonamides is 1. The molecule has 1 amide bonds. The standard InChI is InChI=1S/C21H25FN4O3S/c1-4-26(5-2)30(28,29)15-10-11-19-18(14-15)23-20(25(19)3)12-13-21(27)24-17-9-7-6-8-16(17)22/h6-11,14H,4-5,12-13H2,1-3H3,(H,24,27). The van der Waals surface area contributed by atoms with Crippen molar-refractivity contribution in [3.63, 3.8) is 0 Å². The van der Waals surface area contributed by atoms with E-state index in [2.05, 4.69) is 10.3 Å². The van der Waals surface area contributed by atoms with Crippen molar-refractivity contribution >= 4 is 32.7 Å². The number of carbonyl (C=O) groups is 1. The molecule has 7 nitrogen and oxygen atoms in total. The minimum Gasteiger partial charge on any atom is -0.331 e. The van der Waals surface area contributed by atoms with Gasteiger partial charge in [-0.25, -0.2) is 17.8 Å². The molecule has 0 saturated carbocycles. The number of hydrogen-bond acceptors (Lipinski definition) is 4. The highest BCUT2D eigenvalue weighted by Gasteiger charge is 2.22. The number of nitrogens with zero attached hydrogens (tertiary/aromatic N) is 3. The molecule has 0 unspecified atom stereocenters. The number of halogens is 1. The summed E-state index contributed by atoms with van der Waals surface area (Å²) in [5, 5.41) is 2.55. The number of nitrogens with one attached hydrogen (secondary N) is 1. The number of hydrogen-bond donors (Lipinski definition) is 1. The van der Waals surface area contributed by atoms with Crippen LogP contribution in [0.15, 0.2) is 47.4 Å². The summed E-state index contributed by atoms with van der Waals surface area (Å²) in [6.07, 6.45) is 0.458. The van der Waals surface area contributed by atoms with E-state index in [1.807, 2.05) is 11.6 Å². The van der Waals surface area contributed by atoms with E-state index in [1.54, 1.807) is 44.2 Å². The molecule has 0 saturated heterocycles. The van der Waals surface area contributed by atoms with E-state index in [0.717, 1.165) is 5.52 Å². The van der Waals surface area contributed by atoms with Crippen molar-refractivity contribution in [3.05, 3.63) is 54.1 Å². The molecule has 1 N–H and O–H groups in total. The Balaban J connectivity index is 1.78. The Bertz CT molecular complexity index is 1170. The van der Waals surface area contributed by atoms with Crippen molar-refractivity contribution in [1.82, 2.24) is 13.9 Å². The highest BCUT2D eigenvalue weighted by Crippen LogP contribution is 2.23. The van der Waals surface area contributed by atoms with E-state index in [0.29, 0.717) is 30.9 Å². The average molecular weight is 433 g/mol. The van der Waals surface area contributed by atoms with Gasteiger partial charge in [0.1, 0.15) is 11.6 Å². The highest BCUT2D eigenvalue weighted by molar-refractivity contribution is 7.89. The predicted molar refractivity (Wildman–Crippen MR) is 114 cm³/mol. The van der Waals surface area contributed by atoms with Crippen molar-refractivity contribution in [2.24, 2.45) is 7.05 Å². The van der Waals surface area contributed by atoms with Crippen molar-refractivity contribution in [2.45, 2.75) is 31.6 Å². The van der Waals surface area contributed by atoms with Crippen molar-refractivity contribution < 1.29 is 17.6 Å². The lowest BCUT2D eigenvalue weighted by Gasteiger charge is -2.18. The molecule has 0 aliphatic heterocycles. The van der Waals surface area contributed by atoms with Crippen molar-refractivity contribution in [1.29, 1.82) is 0 Å². The van der Waals surface area contributed by atoms with Gasteiger partial charge in [0.05, 0.1) is 21.6 Å². The van der Waals surface area contributed by atoms with Gasteiger partial charge in [-0.3, -0.25) is 4.79 Å². The van der Waals surface area contributed by atoms with Crippen LogP contribution in [0.1, 0.15) is 26.1 Å². The molecule has 0 atom stereocenters. The summed E-state index contributed by atoms with van der Waals surface area (Å²) >= 11 is 0. The molecule has 30 heavy (non-hydrogen) atoms. The fourth-order valence-corrected chi connectivity index (χ4v) is 4.81. The number of rotatable bonds is 8. The molecule has 3 aromatic rings. The van der Waals surface area contributed by atoms with Gasteiger partial charge >= 0.3 is 0 Å². The maximum Gasteiger partial charge on any atom is 0.243 e. The lowest BCUT2D eigenvalue weighted by molar-refractivity contribution is -0.116. The molecule has 2 aromatic carbocycles. The van der Waals surface area contributed by atoms with Crippen molar-refractivity contribution in [2.75, 3.05) is 18.4 Å². The lowest BCUT2D eigenvalue weighted by Crippen LogP contribution is -2.30. The zero-order chi connectivity index (χ0) is 21.9. The second-order valence-corrected chi connectivity index (χ2v) is 8.79. The first kappa shape index (κ1) is 21.9. The van der Waals surface area contributed by atoms with E-state index >= 15 is 0 Å². The molecule has 1 aromatic heterocycles. The van der Waals surface area contributed by atoms with Crippen LogP contribution in [0.25, 0.3) is 11.0 Å². The molecule has 0 radical (unpaired) electrons. The minimum atomic E-state index is -3.58. The van der Waals surface area contributed by atoms with Gasteiger partial charge in [-0.2, -0.15) is 4.31 Å². The Morgan fingerprint density at radius 1 is 1.17 bits per heavy atom. The monoisotopic (exact) mass is 432 g/mol. The van der Waals surface area contributed by atoms with Gasteiger partial charge in [-0.15, -0.1) is 0 Å². The molecule has 0 fully saturated rings. The van der Waals surface area contributed by atoms with Gasteiger partial charge in [-0.05, 0) is 30.3 Å². The Morgan fingerprint density at radius 2 is 1.87 bits per heavy atom. The van der Waals surface area contributed by atoms with Crippen LogP contribution >= 0.6 is 0 Å². The first-order valence-electron chi connectivity index (χ1n) is 9.77. The molecule has 0 aliphatic rings. The summed E-state index contributed by atoms with van der Waals surface area (Å²) in [4.78, 5) is 16.9. The Hall–Kier alpha value is -2.78. The molecule has 0 aliphatic carbocycles. The number of anilines is 1. The number of fused-ring (bicyclic) bond motifs is 1. The SMILES string of the molecule is CCN(CC)S(=O)(=O)c1ccc2c(c1)nc(CCC(=O)Nc1ccccc1F)n2C. The quantitative estimate of drug-likeness (QED) is 0.592. The number of imidazole rings is 1. The van der Waals surface area contributed by atoms with Gasteiger partial charge in [0, 0.05) is 33.0 Å². The summed E-state index contributed by atoms with van der Waals surface area (Å²) in [6.45, 7) is 4.37. The highest BCUT2D eigenvalue weighted by atomic mass is 32.2. The van der Waals surface area contributed by atoms with E-state index in [4.69, 9.17) is 0 Å². The fraction of sp³-hybridized carbons (Fsp3) is 0.333. The summed E-state index contributed by atoms with van der Waals surface area (Å²) < 4.78 is 42.4. The Morgan fingerprint density at radius 3 is 2.53 bits per heavy atom. The van der Waals surface area contributed by atoms with Gasteiger partial charge in [-0.1, -0.05) is 26.0 Å². The summed E-state index contributed by atoms with van der Waals surface area (Å²) in [6, 6.07) is 10.8. The van der Waals surface area contributed by atoms with Crippen LogP contribution in [0, 0.1) is 5.82 Å². The molecule has 3 rings (SSSR count). The molecule has 9 heteroatoms. The van der Waals surface area contributed by atoms with Gasteiger partial charge in [0.15, 0.2) is 0 Å². The van der Waals surface area contributed by atoms with Crippen LogP contribution in [0.2, 0.25) is 0 Å². The van der Waals surface area contributed by atoms with E-state index in [-0.39, 0.29) is 22.9 Å².